The lowest BCUT2D eigenvalue weighted by atomic mass is 9.41. The van der Waals surface area contributed by atoms with Crippen molar-refractivity contribution in [2.75, 3.05) is 6.61 Å². The van der Waals surface area contributed by atoms with E-state index in [-0.39, 0.29) is 5.41 Å². The Kier molecular flexibility index (Phi) is 1.61. The van der Waals surface area contributed by atoms with Crippen LogP contribution in [0.4, 0.5) is 0 Å². The molecule has 1 nitrogen and oxygen atoms in total. The normalized spacial score (nSPS) is 50.0. The van der Waals surface area contributed by atoms with Crippen molar-refractivity contribution in [1.82, 2.24) is 0 Å². The summed E-state index contributed by atoms with van der Waals surface area (Å²) in [6.07, 6.45) is 3.94. The first kappa shape index (κ1) is 8.55. The molecule has 3 saturated carbocycles. The molecule has 3 atom stereocenters. The number of fused-ring (bicyclic) bond motifs is 2. The summed E-state index contributed by atoms with van der Waals surface area (Å²) in [7, 11) is 0. The van der Waals surface area contributed by atoms with Crippen molar-refractivity contribution in [2.45, 2.75) is 40.0 Å². The lowest BCUT2D eigenvalue weighted by Gasteiger charge is -2.64. The lowest BCUT2D eigenvalue weighted by Crippen LogP contribution is -2.57. The van der Waals surface area contributed by atoms with Gasteiger partial charge in [-0.05, 0) is 41.9 Å². The van der Waals surface area contributed by atoms with Gasteiger partial charge in [0.05, 0.1) is 0 Å². The fourth-order valence-corrected chi connectivity index (χ4v) is 3.56. The van der Waals surface area contributed by atoms with E-state index in [0.717, 1.165) is 11.8 Å². The SMILES string of the molecule is CC1(CO)CCC2CC1C2(C)C. The zero-order chi connectivity index (χ0) is 8.98. The summed E-state index contributed by atoms with van der Waals surface area (Å²) in [5.41, 5.74) is 0.744. The van der Waals surface area contributed by atoms with Crippen LogP contribution < -0.4 is 0 Å². The van der Waals surface area contributed by atoms with Crippen molar-refractivity contribution in [3.63, 3.8) is 0 Å². The molecule has 2 bridgehead atoms. The van der Waals surface area contributed by atoms with Gasteiger partial charge in [-0.25, -0.2) is 0 Å². The van der Waals surface area contributed by atoms with Crippen molar-refractivity contribution < 1.29 is 5.11 Å². The van der Waals surface area contributed by atoms with Crippen LogP contribution in [0.2, 0.25) is 0 Å². The Hall–Kier alpha value is -0.0400. The fraction of sp³-hybridized carbons (Fsp3) is 1.00. The Morgan fingerprint density at radius 3 is 2.33 bits per heavy atom. The standard InChI is InChI=1S/C11H20O/c1-10(2)8-4-5-11(3,7-12)9(10)6-8/h8-9,12H,4-7H2,1-3H3. The summed E-state index contributed by atoms with van der Waals surface area (Å²) in [6.45, 7) is 7.39. The van der Waals surface area contributed by atoms with Gasteiger partial charge in [0.1, 0.15) is 0 Å². The maximum Gasteiger partial charge on any atom is 0.0487 e. The first-order chi connectivity index (χ1) is 5.50. The molecule has 3 aliphatic carbocycles. The molecule has 1 heteroatoms. The van der Waals surface area contributed by atoms with Crippen LogP contribution in [-0.2, 0) is 0 Å². The van der Waals surface area contributed by atoms with Gasteiger partial charge >= 0.3 is 0 Å². The Labute approximate surface area is 75.2 Å². The van der Waals surface area contributed by atoms with E-state index in [0.29, 0.717) is 12.0 Å². The molecule has 0 radical (unpaired) electrons. The molecule has 3 rings (SSSR count). The molecule has 0 amide bonds. The molecule has 1 N–H and O–H groups in total. The second kappa shape index (κ2) is 2.25. The average Bonchev–Trinajstić information content (AvgIpc) is 2.04. The largest absolute Gasteiger partial charge is 0.396 e. The highest BCUT2D eigenvalue weighted by molar-refractivity contribution is 5.07. The average molecular weight is 168 g/mol. The van der Waals surface area contributed by atoms with Gasteiger partial charge in [0.25, 0.3) is 0 Å². The van der Waals surface area contributed by atoms with Crippen LogP contribution in [0, 0.1) is 22.7 Å². The third-order valence-corrected chi connectivity index (χ3v) is 4.74. The van der Waals surface area contributed by atoms with Crippen molar-refractivity contribution in [3.05, 3.63) is 0 Å². The zero-order valence-corrected chi connectivity index (χ0v) is 8.43. The summed E-state index contributed by atoms with van der Waals surface area (Å²) < 4.78 is 0. The first-order valence-corrected chi connectivity index (χ1v) is 5.11. The van der Waals surface area contributed by atoms with Gasteiger partial charge in [-0.1, -0.05) is 20.8 Å². The molecule has 0 saturated heterocycles. The highest BCUT2D eigenvalue weighted by Crippen LogP contribution is 2.65. The van der Waals surface area contributed by atoms with E-state index in [1.807, 2.05) is 0 Å². The van der Waals surface area contributed by atoms with Gasteiger partial charge in [0.2, 0.25) is 0 Å². The third kappa shape index (κ3) is 0.834. The van der Waals surface area contributed by atoms with E-state index in [1.165, 1.54) is 19.3 Å². The van der Waals surface area contributed by atoms with Crippen molar-refractivity contribution >= 4 is 0 Å². The minimum absolute atomic E-state index is 0.234. The lowest BCUT2D eigenvalue weighted by molar-refractivity contribution is -0.164. The molecule has 70 valence electrons. The molecular formula is C11H20O. The molecule has 3 aliphatic rings. The van der Waals surface area contributed by atoms with Crippen molar-refractivity contribution in [2.24, 2.45) is 22.7 Å². The first-order valence-electron chi connectivity index (χ1n) is 5.11. The minimum atomic E-state index is 0.234. The van der Waals surface area contributed by atoms with E-state index in [4.69, 9.17) is 0 Å². The van der Waals surface area contributed by atoms with Crippen LogP contribution in [0.1, 0.15) is 40.0 Å². The van der Waals surface area contributed by atoms with Crippen LogP contribution in [0.25, 0.3) is 0 Å². The summed E-state index contributed by atoms with van der Waals surface area (Å²) in [5.74, 6) is 1.72. The maximum atomic E-state index is 9.38. The Bertz CT molecular complexity index is 195. The predicted octanol–water partition coefficient (Wildman–Crippen LogP) is 2.44. The van der Waals surface area contributed by atoms with Crippen molar-refractivity contribution in [3.8, 4) is 0 Å². The Balaban J connectivity index is 2.21. The highest BCUT2D eigenvalue weighted by atomic mass is 16.3. The maximum absolute atomic E-state index is 9.38. The van der Waals surface area contributed by atoms with Crippen LogP contribution in [0.15, 0.2) is 0 Å². The topological polar surface area (TPSA) is 20.2 Å². The molecule has 0 aromatic rings. The quantitative estimate of drug-likeness (QED) is 0.637. The molecule has 0 heterocycles. The number of aliphatic hydroxyl groups excluding tert-OH is 1. The van der Waals surface area contributed by atoms with Gasteiger partial charge in [-0.15, -0.1) is 0 Å². The van der Waals surface area contributed by atoms with Gasteiger partial charge in [0.15, 0.2) is 0 Å². The molecular weight excluding hydrogens is 148 g/mol. The zero-order valence-electron chi connectivity index (χ0n) is 8.43. The third-order valence-electron chi connectivity index (χ3n) is 4.74. The van der Waals surface area contributed by atoms with Crippen LogP contribution >= 0.6 is 0 Å². The van der Waals surface area contributed by atoms with Crippen LogP contribution in [-0.4, -0.2) is 11.7 Å². The minimum Gasteiger partial charge on any atom is -0.396 e. The second-order valence-corrected chi connectivity index (χ2v) is 5.66. The molecule has 3 unspecified atom stereocenters. The van der Waals surface area contributed by atoms with Crippen LogP contribution in [0.5, 0.6) is 0 Å². The number of aliphatic hydroxyl groups is 1. The van der Waals surface area contributed by atoms with Crippen LogP contribution in [0.3, 0.4) is 0 Å². The smallest absolute Gasteiger partial charge is 0.0487 e. The number of hydrogen-bond donors (Lipinski definition) is 1. The van der Waals surface area contributed by atoms with E-state index in [1.54, 1.807) is 0 Å². The van der Waals surface area contributed by atoms with E-state index in [2.05, 4.69) is 20.8 Å². The molecule has 3 fully saturated rings. The van der Waals surface area contributed by atoms with E-state index in [9.17, 15) is 5.11 Å². The van der Waals surface area contributed by atoms with Gasteiger partial charge < -0.3 is 5.11 Å². The predicted molar refractivity (Wildman–Crippen MR) is 49.8 cm³/mol. The second-order valence-electron chi connectivity index (χ2n) is 5.66. The molecule has 0 spiro atoms. The highest BCUT2D eigenvalue weighted by Gasteiger charge is 2.58. The van der Waals surface area contributed by atoms with E-state index < -0.39 is 0 Å². The molecule has 0 aromatic heterocycles. The Morgan fingerprint density at radius 2 is 2.00 bits per heavy atom. The summed E-state index contributed by atoms with van der Waals surface area (Å²) in [4.78, 5) is 0. The fourth-order valence-electron chi connectivity index (χ4n) is 3.56. The summed E-state index contributed by atoms with van der Waals surface area (Å²) in [6, 6.07) is 0. The molecule has 0 aromatic carbocycles. The Morgan fingerprint density at radius 1 is 1.33 bits per heavy atom. The number of hydrogen-bond acceptors (Lipinski definition) is 1. The summed E-state index contributed by atoms with van der Waals surface area (Å²) >= 11 is 0. The van der Waals surface area contributed by atoms with Gasteiger partial charge in [-0.3, -0.25) is 0 Å². The molecule has 12 heavy (non-hydrogen) atoms. The monoisotopic (exact) mass is 168 g/mol. The molecule has 0 aliphatic heterocycles. The number of rotatable bonds is 1. The van der Waals surface area contributed by atoms with Crippen molar-refractivity contribution in [1.29, 1.82) is 0 Å². The van der Waals surface area contributed by atoms with Gasteiger partial charge in [-0.2, -0.15) is 0 Å². The summed E-state index contributed by atoms with van der Waals surface area (Å²) in [5, 5.41) is 9.38. The van der Waals surface area contributed by atoms with Gasteiger partial charge in [0, 0.05) is 6.61 Å². The van der Waals surface area contributed by atoms with E-state index >= 15 is 0 Å².